The molecule has 2 unspecified atom stereocenters. The third-order valence-corrected chi connectivity index (χ3v) is 2.52. The van der Waals surface area contributed by atoms with Crippen molar-refractivity contribution >= 4 is 0 Å². The highest BCUT2D eigenvalue weighted by atomic mass is 19.4. The number of alkyl halides is 3. The zero-order chi connectivity index (χ0) is 13.6. The number of aromatic nitrogens is 1. The van der Waals surface area contributed by atoms with Crippen molar-refractivity contribution in [3.05, 3.63) is 30.1 Å². The van der Waals surface area contributed by atoms with Crippen molar-refractivity contribution in [1.82, 2.24) is 4.98 Å². The normalized spacial score (nSPS) is 15.4. The third-order valence-electron chi connectivity index (χ3n) is 2.52. The molecule has 18 heavy (non-hydrogen) atoms. The van der Waals surface area contributed by atoms with Gasteiger partial charge < -0.3 is 10.5 Å². The number of halogens is 3. The predicted octanol–water partition coefficient (Wildman–Crippen LogP) is 2.83. The summed E-state index contributed by atoms with van der Waals surface area (Å²) < 4.78 is 41.4. The molecule has 1 rings (SSSR count). The average Bonchev–Trinajstić information content (AvgIpc) is 2.33. The van der Waals surface area contributed by atoms with Crippen molar-refractivity contribution in [2.24, 2.45) is 5.73 Å². The zero-order valence-electron chi connectivity index (χ0n) is 10.2. The second-order valence-electron chi connectivity index (χ2n) is 3.98. The lowest BCUT2D eigenvalue weighted by molar-refractivity contribution is -0.150. The number of pyridine rings is 1. The van der Waals surface area contributed by atoms with Crippen LogP contribution < -0.4 is 5.73 Å². The summed E-state index contributed by atoms with van der Waals surface area (Å²) in [6.45, 7) is 1.45. The number of rotatable bonds is 6. The van der Waals surface area contributed by atoms with Gasteiger partial charge in [0.15, 0.2) is 0 Å². The van der Waals surface area contributed by atoms with Gasteiger partial charge in [0.1, 0.15) is 6.10 Å². The van der Waals surface area contributed by atoms with Gasteiger partial charge in [0.05, 0.1) is 18.7 Å². The van der Waals surface area contributed by atoms with E-state index >= 15 is 0 Å². The maximum absolute atomic E-state index is 12.1. The van der Waals surface area contributed by atoms with Crippen LogP contribution in [-0.2, 0) is 4.74 Å². The molecule has 0 bridgehead atoms. The first-order valence-electron chi connectivity index (χ1n) is 5.79. The van der Waals surface area contributed by atoms with E-state index in [1.165, 1.54) is 0 Å². The van der Waals surface area contributed by atoms with Crippen LogP contribution in [0.25, 0.3) is 0 Å². The Bertz CT molecular complexity index is 343. The van der Waals surface area contributed by atoms with E-state index in [1.54, 1.807) is 24.4 Å². The fourth-order valence-electron chi connectivity index (χ4n) is 1.49. The molecule has 102 valence electrons. The van der Waals surface area contributed by atoms with Gasteiger partial charge in [-0.05, 0) is 18.6 Å². The summed E-state index contributed by atoms with van der Waals surface area (Å²) in [4.78, 5) is 4.08. The van der Waals surface area contributed by atoms with E-state index in [0.29, 0.717) is 12.1 Å². The van der Waals surface area contributed by atoms with Crippen LogP contribution in [0.5, 0.6) is 0 Å². The highest BCUT2D eigenvalue weighted by molar-refractivity contribution is 5.09. The second-order valence-corrected chi connectivity index (χ2v) is 3.98. The van der Waals surface area contributed by atoms with Crippen LogP contribution in [0.15, 0.2) is 24.4 Å². The molecule has 0 aliphatic rings. The maximum atomic E-state index is 12.1. The minimum absolute atomic E-state index is 0.367. The fourth-order valence-corrected chi connectivity index (χ4v) is 1.49. The van der Waals surface area contributed by atoms with Crippen LogP contribution >= 0.6 is 0 Å². The minimum atomic E-state index is -4.22. The van der Waals surface area contributed by atoms with Gasteiger partial charge in [-0.2, -0.15) is 13.2 Å². The molecule has 0 saturated carbocycles. The van der Waals surface area contributed by atoms with Crippen molar-refractivity contribution in [2.75, 3.05) is 6.61 Å². The van der Waals surface area contributed by atoms with Crippen LogP contribution in [-0.4, -0.2) is 23.8 Å². The smallest absolute Gasteiger partial charge is 0.370 e. The molecule has 0 saturated heterocycles. The van der Waals surface area contributed by atoms with Gasteiger partial charge in [-0.1, -0.05) is 13.0 Å². The summed E-state index contributed by atoms with van der Waals surface area (Å²) in [6, 6.07) is 4.82. The molecule has 0 amide bonds. The van der Waals surface area contributed by atoms with Crippen molar-refractivity contribution < 1.29 is 17.9 Å². The van der Waals surface area contributed by atoms with E-state index in [4.69, 9.17) is 10.5 Å². The quantitative estimate of drug-likeness (QED) is 0.857. The molecule has 2 N–H and O–H groups in total. The Morgan fingerprint density at radius 2 is 2.11 bits per heavy atom. The first kappa shape index (κ1) is 14.9. The largest absolute Gasteiger partial charge is 0.391 e. The molecule has 3 nitrogen and oxygen atoms in total. The Hall–Kier alpha value is -1.14. The number of nitrogens with zero attached hydrogens (tertiary/aromatic N) is 1. The fraction of sp³-hybridized carbons (Fsp3) is 0.583. The number of hydrogen-bond acceptors (Lipinski definition) is 3. The van der Waals surface area contributed by atoms with Crippen molar-refractivity contribution in [1.29, 1.82) is 0 Å². The molecule has 1 heterocycles. The summed E-state index contributed by atoms with van der Waals surface area (Å²) in [6.07, 6.45) is -3.62. The van der Waals surface area contributed by atoms with Crippen molar-refractivity contribution in [3.63, 3.8) is 0 Å². The minimum Gasteiger partial charge on any atom is -0.370 e. The van der Waals surface area contributed by atoms with E-state index in [-0.39, 0.29) is 6.04 Å². The van der Waals surface area contributed by atoms with Gasteiger partial charge in [0, 0.05) is 12.2 Å². The monoisotopic (exact) mass is 262 g/mol. The number of ether oxygens (including phenoxy) is 1. The van der Waals surface area contributed by atoms with Gasteiger partial charge in [-0.15, -0.1) is 0 Å². The van der Waals surface area contributed by atoms with Crippen LogP contribution in [0.1, 0.15) is 31.6 Å². The van der Waals surface area contributed by atoms with E-state index < -0.39 is 25.3 Å². The van der Waals surface area contributed by atoms with Crippen LogP contribution in [0, 0.1) is 0 Å². The van der Waals surface area contributed by atoms with Gasteiger partial charge in [-0.3, -0.25) is 4.98 Å². The highest BCUT2D eigenvalue weighted by Crippen LogP contribution is 2.24. The Morgan fingerprint density at radius 1 is 1.39 bits per heavy atom. The summed E-state index contributed by atoms with van der Waals surface area (Å²) in [5.74, 6) is 0. The zero-order valence-corrected chi connectivity index (χ0v) is 10.2. The summed E-state index contributed by atoms with van der Waals surface area (Å²) in [5.41, 5.74) is 6.42. The molecule has 1 aromatic heterocycles. The van der Waals surface area contributed by atoms with Crippen molar-refractivity contribution in [3.8, 4) is 0 Å². The van der Waals surface area contributed by atoms with Gasteiger partial charge in [-0.25, -0.2) is 0 Å². The lowest BCUT2D eigenvalue weighted by atomic mass is 10.1. The van der Waals surface area contributed by atoms with Crippen molar-refractivity contribution in [2.45, 2.75) is 38.1 Å². The van der Waals surface area contributed by atoms with Gasteiger partial charge in [0.2, 0.25) is 0 Å². The van der Waals surface area contributed by atoms with Gasteiger partial charge in [0.25, 0.3) is 0 Å². The molecule has 0 spiro atoms. The lowest BCUT2D eigenvalue weighted by Gasteiger charge is -2.23. The van der Waals surface area contributed by atoms with E-state index in [0.717, 1.165) is 0 Å². The Balaban J connectivity index is 2.63. The number of nitrogens with two attached hydrogens (primary N) is 1. The van der Waals surface area contributed by atoms with Crippen LogP contribution in [0.4, 0.5) is 13.2 Å². The summed E-state index contributed by atoms with van der Waals surface area (Å²) >= 11 is 0. The summed E-state index contributed by atoms with van der Waals surface area (Å²) in [7, 11) is 0. The molecule has 0 fully saturated rings. The molecular weight excluding hydrogens is 245 g/mol. The first-order chi connectivity index (χ1) is 8.44. The van der Waals surface area contributed by atoms with E-state index in [1.807, 2.05) is 6.92 Å². The molecule has 0 aromatic carbocycles. The van der Waals surface area contributed by atoms with E-state index in [9.17, 15) is 13.2 Å². The summed E-state index contributed by atoms with van der Waals surface area (Å²) in [5, 5.41) is 0. The third kappa shape index (κ3) is 5.01. The first-order valence-corrected chi connectivity index (χ1v) is 5.79. The predicted molar refractivity (Wildman–Crippen MR) is 61.9 cm³/mol. The molecule has 1 aromatic rings. The SMILES string of the molecule is CCC(N)C(OCCC(F)(F)F)c1ccccn1. The highest BCUT2D eigenvalue weighted by Gasteiger charge is 2.28. The molecule has 2 atom stereocenters. The second kappa shape index (κ2) is 6.70. The van der Waals surface area contributed by atoms with Gasteiger partial charge >= 0.3 is 6.18 Å². The maximum Gasteiger partial charge on any atom is 0.391 e. The molecule has 0 aliphatic heterocycles. The van der Waals surface area contributed by atoms with Crippen LogP contribution in [0.3, 0.4) is 0 Å². The Labute approximate surface area is 104 Å². The average molecular weight is 262 g/mol. The number of hydrogen-bond donors (Lipinski definition) is 1. The van der Waals surface area contributed by atoms with Crippen LogP contribution in [0.2, 0.25) is 0 Å². The van der Waals surface area contributed by atoms with E-state index in [2.05, 4.69) is 4.98 Å². The standard InChI is InChI=1S/C12H17F3N2O/c1-2-9(16)11(10-5-3-4-7-17-10)18-8-6-12(13,14)15/h3-5,7,9,11H,2,6,8,16H2,1H3. The Morgan fingerprint density at radius 3 is 2.61 bits per heavy atom. The lowest BCUT2D eigenvalue weighted by Crippen LogP contribution is -2.31. The Kier molecular flexibility index (Phi) is 5.55. The topological polar surface area (TPSA) is 48.1 Å². The molecular formula is C12H17F3N2O. The molecule has 0 aliphatic carbocycles. The molecule has 0 radical (unpaired) electrons. The molecule has 6 heteroatoms.